The first-order valence-corrected chi connectivity index (χ1v) is 5.26. The summed E-state index contributed by atoms with van der Waals surface area (Å²) in [5.74, 6) is 2.49. The number of alkyl halides is 3. The zero-order valence-corrected chi connectivity index (χ0v) is 8.66. The van der Waals surface area contributed by atoms with E-state index in [1.807, 2.05) is 0 Å². The van der Waals surface area contributed by atoms with E-state index in [0.29, 0.717) is 0 Å². The van der Waals surface area contributed by atoms with Crippen molar-refractivity contribution in [3.63, 3.8) is 0 Å². The van der Waals surface area contributed by atoms with Crippen molar-refractivity contribution in [1.82, 2.24) is 0 Å². The number of benzene rings is 1. The number of hydrogen-bond acceptors (Lipinski definition) is 1. The summed E-state index contributed by atoms with van der Waals surface area (Å²) in [5.41, 5.74) is 0.732. The summed E-state index contributed by atoms with van der Waals surface area (Å²) in [6, 6.07) is 6.90. The highest BCUT2D eigenvalue weighted by atomic mass is 32.2. The Morgan fingerprint density at radius 1 is 1.20 bits per heavy atom. The third-order valence-corrected chi connectivity index (χ3v) is 2.69. The average Bonchev–Trinajstić information content (AvgIpc) is 2.17. The molecular formula is C11H9F3S. The molecule has 0 nitrogen and oxygen atoms in total. The molecule has 0 amide bonds. The summed E-state index contributed by atoms with van der Waals surface area (Å²) in [6.45, 7) is 0. The van der Waals surface area contributed by atoms with Gasteiger partial charge in [-0.2, -0.15) is 13.2 Å². The second-order valence-electron chi connectivity index (χ2n) is 2.88. The summed E-state index contributed by atoms with van der Waals surface area (Å²) in [5, 5.41) is 0. The predicted molar refractivity (Wildman–Crippen MR) is 55.8 cm³/mol. The fraction of sp³-hybridized carbons (Fsp3) is 0.273. The first kappa shape index (κ1) is 12.0. The molecule has 0 aliphatic heterocycles. The minimum absolute atomic E-state index is 0.0406. The molecule has 15 heavy (non-hydrogen) atoms. The van der Waals surface area contributed by atoms with Crippen LogP contribution in [0, 0.1) is 12.3 Å². The van der Waals surface area contributed by atoms with Crippen LogP contribution in [0.25, 0.3) is 0 Å². The van der Waals surface area contributed by atoms with E-state index in [1.54, 1.807) is 24.3 Å². The van der Waals surface area contributed by atoms with Crippen LogP contribution in [0.5, 0.6) is 0 Å². The van der Waals surface area contributed by atoms with Crippen molar-refractivity contribution in [2.45, 2.75) is 17.5 Å². The number of terminal acetylenes is 1. The molecular weight excluding hydrogens is 221 g/mol. The Morgan fingerprint density at radius 2 is 1.80 bits per heavy atom. The predicted octanol–water partition coefficient (Wildman–Crippen LogP) is 3.71. The third kappa shape index (κ3) is 4.80. The van der Waals surface area contributed by atoms with Gasteiger partial charge in [-0.15, -0.1) is 18.2 Å². The molecule has 0 N–H and O–H groups in total. The molecule has 0 heterocycles. The molecule has 0 aliphatic rings. The lowest BCUT2D eigenvalue weighted by atomic mass is 10.2. The van der Waals surface area contributed by atoms with Gasteiger partial charge in [-0.3, -0.25) is 0 Å². The fourth-order valence-corrected chi connectivity index (χ4v) is 1.83. The highest BCUT2D eigenvalue weighted by Crippen LogP contribution is 2.26. The van der Waals surface area contributed by atoms with Gasteiger partial charge in [-0.1, -0.05) is 5.92 Å². The van der Waals surface area contributed by atoms with Crippen molar-refractivity contribution < 1.29 is 13.2 Å². The second-order valence-corrected chi connectivity index (χ2v) is 4.05. The summed E-state index contributed by atoms with van der Waals surface area (Å²) >= 11 is 1.18. The van der Waals surface area contributed by atoms with Crippen molar-refractivity contribution in [1.29, 1.82) is 0 Å². The first-order valence-electron chi connectivity index (χ1n) is 4.27. The van der Waals surface area contributed by atoms with Gasteiger partial charge in [0.05, 0.1) is 6.42 Å². The first-order chi connectivity index (χ1) is 7.01. The van der Waals surface area contributed by atoms with Gasteiger partial charge in [0.1, 0.15) is 0 Å². The Morgan fingerprint density at radius 3 is 2.27 bits per heavy atom. The van der Waals surface area contributed by atoms with Gasteiger partial charge >= 0.3 is 6.18 Å². The van der Waals surface area contributed by atoms with Crippen LogP contribution in [0.2, 0.25) is 0 Å². The lowest BCUT2D eigenvalue weighted by molar-refractivity contribution is -0.129. The molecule has 0 unspecified atom stereocenters. The quantitative estimate of drug-likeness (QED) is 0.563. The van der Waals surface area contributed by atoms with E-state index >= 15 is 0 Å². The van der Waals surface area contributed by atoms with Gasteiger partial charge < -0.3 is 0 Å². The van der Waals surface area contributed by atoms with E-state index in [1.165, 1.54) is 11.8 Å². The minimum atomic E-state index is -4.08. The van der Waals surface area contributed by atoms with Crippen LogP contribution >= 0.6 is 11.8 Å². The molecule has 1 aromatic carbocycles. The highest BCUT2D eigenvalue weighted by molar-refractivity contribution is 7.99. The molecule has 0 radical (unpaired) electrons. The molecule has 0 bridgehead atoms. The normalized spacial score (nSPS) is 11.1. The summed E-state index contributed by atoms with van der Waals surface area (Å²) in [7, 11) is 0. The van der Waals surface area contributed by atoms with E-state index in [4.69, 9.17) is 6.42 Å². The molecule has 0 atom stereocenters. The van der Waals surface area contributed by atoms with Crippen LogP contribution < -0.4 is 0 Å². The summed E-state index contributed by atoms with van der Waals surface area (Å²) in [4.78, 5) is 0.804. The monoisotopic (exact) mass is 230 g/mol. The topological polar surface area (TPSA) is 0 Å². The van der Waals surface area contributed by atoms with Crippen LogP contribution in [0.15, 0.2) is 29.2 Å². The Kier molecular flexibility index (Phi) is 4.10. The molecule has 0 fully saturated rings. The lowest BCUT2D eigenvalue weighted by Crippen LogP contribution is -2.07. The number of hydrogen-bond donors (Lipinski definition) is 0. The Balaban J connectivity index is 2.42. The number of halogens is 3. The molecule has 1 rings (SSSR count). The molecule has 0 aromatic heterocycles. The van der Waals surface area contributed by atoms with Crippen LogP contribution in [0.3, 0.4) is 0 Å². The van der Waals surface area contributed by atoms with Gasteiger partial charge in [0.2, 0.25) is 0 Å². The van der Waals surface area contributed by atoms with E-state index < -0.39 is 12.6 Å². The Hall–Kier alpha value is -1.08. The summed E-state index contributed by atoms with van der Waals surface area (Å²) < 4.78 is 35.5. The van der Waals surface area contributed by atoms with Crippen LogP contribution in [0.1, 0.15) is 12.0 Å². The van der Waals surface area contributed by atoms with Crippen LogP contribution in [-0.2, 0) is 0 Å². The maximum Gasteiger partial charge on any atom is 0.389 e. The van der Waals surface area contributed by atoms with E-state index in [2.05, 4.69) is 5.92 Å². The van der Waals surface area contributed by atoms with Crippen molar-refractivity contribution in [3.05, 3.63) is 29.8 Å². The third-order valence-electron chi connectivity index (χ3n) is 1.68. The van der Waals surface area contributed by atoms with Crippen molar-refractivity contribution in [2.75, 3.05) is 5.75 Å². The van der Waals surface area contributed by atoms with Gasteiger partial charge in [0.15, 0.2) is 0 Å². The van der Waals surface area contributed by atoms with Crippen LogP contribution in [-0.4, -0.2) is 11.9 Å². The zero-order chi connectivity index (χ0) is 11.3. The fourth-order valence-electron chi connectivity index (χ4n) is 0.932. The van der Waals surface area contributed by atoms with E-state index in [9.17, 15) is 13.2 Å². The molecule has 1 aromatic rings. The van der Waals surface area contributed by atoms with E-state index in [0.717, 1.165) is 10.5 Å². The van der Waals surface area contributed by atoms with Gasteiger partial charge in [0.25, 0.3) is 0 Å². The molecule has 80 valence electrons. The molecule has 0 spiro atoms. The van der Waals surface area contributed by atoms with Crippen LogP contribution in [0.4, 0.5) is 13.2 Å². The molecule has 0 saturated heterocycles. The highest BCUT2D eigenvalue weighted by Gasteiger charge is 2.26. The van der Waals surface area contributed by atoms with Gasteiger partial charge in [-0.05, 0) is 24.3 Å². The maximum atomic E-state index is 11.8. The average molecular weight is 230 g/mol. The van der Waals surface area contributed by atoms with E-state index in [-0.39, 0.29) is 5.75 Å². The van der Waals surface area contributed by atoms with Crippen molar-refractivity contribution in [2.24, 2.45) is 0 Å². The standard InChI is InChI=1S/C11H9F3S/c1-2-9-3-5-10(6-4-9)15-8-7-11(12,13)14/h1,3-6H,7-8H2. The molecule has 4 heteroatoms. The number of thioether (sulfide) groups is 1. The maximum absolute atomic E-state index is 11.8. The molecule has 0 saturated carbocycles. The summed E-state index contributed by atoms with van der Waals surface area (Å²) in [6.07, 6.45) is 0.305. The van der Waals surface area contributed by atoms with Crippen molar-refractivity contribution >= 4 is 11.8 Å². The smallest absolute Gasteiger partial charge is 0.171 e. The van der Waals surface area contributed by atoms with Gasteiger partial charge in [-0.25, -0.2) is 0 Å². The second kappa shape index (κ2) is 5.13. The molecule has 0 aliphatic carbocycles. The largest absolute Gasteiger partial charge is 0.389 e. The number of rotatable bonds is 3. The zero-order valence-electron chi connectivity index (χ0n) is 7.84. The lowest BCUT2D eigenvalue weighted by Gasteiger charge is -2.05. The SMILES string of the molecule is C#Cc1ccc(SCCC(F)(F)F)cc1. The Labute approximate surface area is 90.9 Å². The van der Waals surface area contributed by atoms with Crippen molar-refractivity contribution in [3.8, 4) is 12.3 Å². The Bertz CT molecular complexity index is 346. The van der Waals surface area contributed by atoms with Gasteiger partial charge in [0, 0.05) is 16.2 Å². The minimum Gasteiger partial charge on any atom is -0.171 e.